The maximum absolute atomic E-state index is 10.6. The third-order valence-electron chi connectivity index (χ3n) is 5.56. The van der Waals surface area contributed by atoms with Gasteiger partial charge in [0.2, 0.25) is 0 Å². The van der Waals surface area contributed by atoms with Crippen molar-refractivity contribution < 1.29 is 5.11 Å². The largest absolute Gasteiger partial charge is 0.388 e. The van der Waals surface area contributed by atoms with Crippen LogP contribution in [0.1, 0.15) is 69.7 Å². The Labute approximate surface area is 174 Å². The molecule has 1 aromatic heterocycles. The van der Waals surface area contributed by atoms with E-state index in [2.05, 4.69) is 40.4 Å². The number of nitrogens with zero attached hydrogens (tertiary/aromatic N) is 3. The van der Waals surface area contributed by atoms with Gasteiger partial charge in [-0.15, -0.1) is 24.0 Å². The second-order valence-electron chi connectivity index (χ2n) is 7.97. The number of halogens is 1. The van der Waals surface area contributed by atoms with E-state index in [1.807, 2.05) is 0 Å². The number of nitrogens with one attached hydrogen (secondary N) is 2. The molecule has 2 aliphatic rings. The molecule has 2 aliphatic carbocycles. The number of hydrogen-bond acceptors (Lipinski definition) is 3. The zero-order chi connectivity index (χ0) is 17.9. The van der Waals surface area contributed by atoms with Crippen molar-refractivity contribution in [2.45, 2.75) is 82.9 Å². The van der Waals surface area contributed by atoms with E-state index < -0.39 is 5.60 Å². The van der Waals surface area contributed by atoms with Crippen LogP contribution in [0.3, 0.4) is 0 Å². The summed E-state index contributed by atoms with van der Waals surface area (Å²) in [5.74, 6) is 0.788. The SMILES string of the molecule is CN=C(NCC1(O)CCCCC1)NC1CCc2cn(C(C)C)nc2C1.I. The van der Waals surface area contributed by atoms with Gasteiger partial charge in [-0.25, -0.2) is 0 Å². The third-order valence-corrected chi connectivity index (χ3v) is 5.56. The van der Waals surface area contributed by atoms with Crippen molar-refractivity contribution in [3.05, 3.63) is 17.5 Å². The standard InChI is InChI=1S/C19H33N5O.HI/c1-14(2)24-12-15-7-8-16(11-17(15)23-24)22-18(20-3)21-13-19(25)9-5-4-6-10-19;/h12,14,16,25H,4-11,13H2,1-3H3,(H2,20,21,22);1H. The third kappa shape index (κ3) is 5.34. The summed E-state index contributed by atoms with van der Waals surface area (Å²) in [7, 11) is 1.79. The Hall–Kier alpha value is -0.830. The first-order chi connectivity index (χ1) is 12.0. The molecule has 0 amide bonds. The normalized spacial score (nSPS) is 22.5. The first kappa shape index (κ1) is 21.5. The molecule has 1 atom stereocenters. The molecular formula is C19H34IN5O. The maximum Gasteiger partial charge on any atom is 0.191 e. The van der Waals surface area contributed by atoms with Gasteiger partial charge in [-0.3, -0.25) is 9.67 Å². The Morgan fingerprint density at radius 2 is 2.12 bits per heavy atom. The predicted octanol–water partition coefficient (Wildman–Crippen LogP) is 2.80. The first-order valence-corrected chi connectivity index (χ1v) is 9.75. The second kappa shape index (κ2) is 9.39. The van der Waals surface area contributed by atoms with Crippen LogP contribution in [0.15, 0.2) is 11.2 Å². The van der Waals surface area contributed by atoms with Crippen LogP contribution in [0, 0.1) is 0 Å². The van der Waals surface area contributed by atoms with Crippen LogP contribution in [0.2, 0.25) is 0 Å². The molecule has 0 aromatic carbocycles. The van der Waals surface area contributed by atoms with Gasteiger partial charge in [0.15, 0.2) is 5.96 Å². The summed E-state index contributed by atoms with van der Waals surface area (Å²) in [6.45, 7) is 4.90. The topological polar surface area (TPSA) is 74.5 Å². The number of rotatable bonds is 4. The smallest absolute Gasteiger partial charge is 0.191 e. The van der Waals surface area contributed by atoms with Crippen LogP contribution in [0.5, 0.6) is 0 Å². The molecule has 0 radical (unpaired) electrons. The molecule has 0 aliphatic heterocycles. The monoisotopic (exact) mass is 475 g/mol. The molecule has 0 bridgehead atoms. The average molecular weight is 475 g/mol. The predicted molar refractivity (Wildman–Crippen MR) is 116 cm³/mol. The molecule has 1 fully saturated rings. The highest BCUT2D eigenvalue weighted by atomic mass is 127. The van der Waals surface area contributed by atoms with Crippen molar-refractivity contribution in [3.8, 4) is 0 Å². The summed E-state index contributed by atoms with van der Waals surface area (Å²) in [6, 6.07) is 0.748. The van der Waals surface area contributed by atoms with Crippen molar-refractivity contribution in [1.82, 2.24) is 20.4 Å². The molecule has 1 unspecified atom stereocenters. The van der Waals surface area contributed by atoms with Crippen molar-refractivity contribution in [1.29, 1.82) is 0 Å². The van der Waals surface area contributed by atoms with Crippen LogP contribution in [0.25, 0.3) is 0 Å². The molecule has 26 heavy (non-hydrogen) atoms. The molecule has 0 saturated heterocycles. The fourth-order valence-electron chi connectivity index (χ4n) is 3.92. The Morgan fingerprint density at radius 1 is 1.38 bits per heavy atom. The second-order valence-corrected chi connectivity index (χ2v) is 7.97. The highest BCUT2D eigenvalue weighted by Crippen LogP contribution is 2.27. The Kier molecular flexibility index (Phi) is 7.76. The summed E-state index contributed by atoms with van der Waals surface area (Å²) in [4.78, 5) is 4.34. The average Bonchev–Trinajstić information content (AvgIpc) is 3.03. The van der Waals surface area contributed by atoms with Crippen molar-refractivity contribution >= 4 is 29.9 Å². The van der Waals surface area contributed by atoms with E-state index in [0.29, 0.717) is 18.6 Å². The molecule has 0 spiro atoms. The Morgan fingerprint density at radius 3 is 2.77 bits per heavy atom. The van der Waals surface area contributed by atoms with Crippen LogP contribution >= 0.6 is 24.0 Å². The van der Waals surface area contributed by atoms with Crippen LogP contribution < -0.4 is 10.6 Å². The van der Waals surface area contributed by atoms with E-state index in [1.54, 1.807) is 7.05 Å². The summed E-state index contributed by atoms with van der Waals surface area (Å²) in [5.41, 5.74) is 2.01. The van der Waals surface area contributed by atoms with Gasteiger partial charge in [0, 0.05) is 38.3 Å². The summed E-state index contributed by atoms with van der Waals surface area (Å²) < 4.78 is 2.07. The lowest BCUT2D eigenvalue weighted by atomic mass is 9.85. The highest BCUT2D eigenvalue weighted by molar-refractivity contribution is 14.0. The fraction of sp³-hybridized carbons (Fsp3) is 0.789. The molecule has 1 aromatic rings. The lowest BCUT2D eigenvalue weighted by Gasteiger charge is -2.33. The lowest BCUT2D eigenvalue weighted by molar-refractivity contribution is 0.00855. The van der Waals surface area contributed by atoms with E-state index in [0.717, 1.165) is 50.9 Å². The maximum atomic E-state index is 10.6. The molecule has 6 nitrogen and oxygen atoms in total. The molecule has 3 N–H and O–H groups in total. The number of guanidine groups is 1. The van der Waals surface area contributed by atoms with E-state index in [4.69, 9.17) is 5.10 Å². The molecule has 1 heterocycles. The van der Waals surface area contributed by atoms with E-state index in [9.17, 15) is 5.11 Å². The summed E-state index contributed by atoms with van der Waals surface area (Å²) >= 11 is 0. The lowest BCUT2D eigenvalue weighted by Crippen LogP contribution is -2.51. The van der Waals surface area contributed by atoms with Crippen molar-refractivity contribution in [3.63, 3.8) is 0 Å². The minimum Gasteiger partial charge on any atom is -0.388 e. The number of aromatic nitrogens is 2. The van der Waals surface area contributed by atoms with Gasteiger partial charge < -0.3 is 15.7 Å². The molecule has 3 rings (SSSR count). The van der Waals surface area contributed by atoms with Crippen LogP contribution in [-0.4, -0.2) is 46.1 Å². The van der Waals surface area contributed by atoms with E-state index in [1.165, 1.54) is 17.7 Å². The molecular weight excluding hydrogens is 441 g/mol. The van der Waals surface area contributed by atoms with E-state index in [-0.39, 0.29) is 24.0 Å². The molecule has 148 valence electrons. The van der Waals surface area contributed by atoms with Gasteiger partial charge in [0.25, 0.3) is 0 Å². The van der Waals surface area contributed by atoms with Gasteiger partial charge in [-0.05, 0) is 45.1 Å². The van der Waals surface area contributed by atoms with Gasteiger partial charge >= 0.3 is 0 Å². The minimum absolute atomic E-state index is 0. The Balaban J connectivity index is 0.00000243. The van der Waals surface area contributed by atoms with Gasteiger partial charge in [-0.2, -0.15) is 5.10 Å². The number of aliphatic imine (C=N–C) groups is 1. The summed E-state index contributed by atoms with van der Waals surface area (Å²) in [6.07, 6.45) is 10.5. The first-order valence-electron chi connectivity index (χ1n) is 9.75. The van der Waals surface area contributed by atoms with Crippen molar-refractivity contribution in [2.75, 3.05) is 13.6 Å². The number of hydrogen-bond donors (Lipinski definition) is 3. The fourth-order valence-corrected chi connectivity index (χ4v) is 3.92. The van der Waals surface area contributed by atoms with Crippen LogP contribution in [-0.2, 0) is 12.8 Å². The molecule has 1 saturated carbocycles. The van der Waals surface area contributed by atoms with Gasteiger partial charge in [0.1, 0.15) is 0 Å². The Bertz CT molecular complexity index is 607. The van der Waals surface area contributed by atoms with Crippen molar-refractivity contribution in [2.24, 2.45) is 4.99 Å². The van der Waals surface area contributed by atoms with Crippen LogP contribution in [0.4, 0.5) is 0 Å². The quantitative estimate of drug-likeness (QED) is 0.356. The van der Waals surface area contributed by atoms with E-state index >= 15 is 0 Å². The zero-order valence-electron chi connectivity index (χ0n) is 16.3. The molecule has 7 heteroatoms. The summed E-state index contributed by atoms with van der Waals surface area (Å²) in [5, 5.41) is 22.2. The zero-order valence-corrected chi connectivity index (χ0v) is 18.6. The highest BCUT2D eigenvalue weighted by Gasteiger charge is 2.29. The van der Waals surface area contributed by atoms with Gasteiger partial charge in [-0.1, -0.05) is 19.3 Å². The van der Waals surface area contributed by atoms with Gasteiger partial charge in [0.05, 0.1) is 11.3 Å². The number of aliphatic hydroxyl groups is 1. The number of aryl methyl sites for hydroxylation is 1. The minimum atomic E-state index is -0.578. The number of fused-ring (bicyclic) bond motifs is 1.